The summed E-state index contributed by atoms with van der Waals surface area (Å²) in [6.07, 6.45) is -4.77. The first-order valence-electron chi connectivity index (χ1n) is 6.75. The number of nitrogens with zero attached hydrogens (tertiary/aromatic N) is 2. The number of amides is 1. The van der Waals surface area contributed by atoms with Crippen LogP contribution in [0.4, 0.5) is 36.4 Å². The molecule has 0 aliphatic heterocycles. The summed E-state index contributed by atoms with van der Waals surface area (Å²) in [5.41, 5.74) is 0.214. The number of halogens is 8. The van der Waals surface area contributed by atoms with Crippen LogP contribution in [0.25, 0.3) is 0 Å². The molecule has 12 heteroatoms. The number of alkyl halides is 7. The smallest absolute Gasteiger partial charge is 0.318 e. The Balaban J connectivity index is 2.10. The summed E-state index contributed by atoms with van der Waals surface area (Å²) in [4.78, 5) is 11.2. The molecule has 2 aromatic rings. The molecule has 0 unspecified atom stereocenters. The molecule has 1 amide bonds. The molecule has 1 heterocycles. The average Bonchev–Trinajstić information content (AvgIpc) is 2.95. The molecule has 0 radical (unpaired) electrons. The summed E-state index contributed by atoms with van der Waals surface area (Å²) >= 11 is 5.71. The predicted octanol–water partition coefficient (Wildman–Crippen LogP) is 4.36. The van der Waals surface area contributed by atoms with E-state index in [1.165, 1.54) is 5.32 Å². The molecule has 2 rings (SSSR count). The maximum absolute atomic E-state index is 13.2. The molecule has 0 saturated carbocycles. The molecule has 26 heavy (non-hydrogen) atoms. The normalized spacial score (nSPS) is 12.9. The van der Waals surface area contributed by atoms with Crippen molar-refractivity contribution in [3.63, 3.8) is 0 Å². The predicted molar refractivity (Wildman–Crippen MR) is 77.4 cm³/mol. The van der Waals surface area contributed by atoms with Gasteiger partial charge in [0, 0.05) is 11.2 Å². The summed E-state index contributed by atoms with van der Waals surface area (Å²) in [5, 5.41) is 5.46. The van der Waals surface area contributed by atoms with E-state index in [0.717, 1.165) is 17.1 Å². The Morgan fingerprint density at radius 2 is 1.65 bits per heavy atom. The SMILES string of the molecule is O=C(Nc1cnn(Cc2ccc(Cl)cc2)c1)C(F)(F)C(F)(F)C(F)(F)F. The summed E-state index contributed by atoms with van der Waals surface area (Å²) in [7, 11) is 0. The van der Waals surface area contributed by atoms with Crippen molar-refractivity contribution in [1.82, 2.24) is 9.78 Å². The first-order valence-corrected chi connectivity index (χ1v) is 7.13. The van der Waals surface area contributed by atoms with Gasteiger partial charge >= 0.3 is 23.9 Å². The zero-order chi connectivity index (χ0) is 19.8. The van der Waals surface area contributed by atoms with Gasteiger partial charge in [0.1, 0.15) is 0 Å². The topological polar surface area (TPSA) is 46.9 Å². The fourth-order valence-electron chi connectivity index (χ4n) is 1.82. The van der Waals surface area contributed by atoms with Crippen LogP contribution in [0.1, 0.15) is 5.56 Å². The van der Waals surface area contributed by atoms with E-state index in [4.69, 9.17) is 11.6 Å². The van der Waals surface area contributed by atoms with Crippen LogP contribution in [0.5, 0.6) is 0 Å². The summed E-state index contributed by atoms with van der Waals surface area (Å²) in [6.45, 7) is 0.113. The maximum atomic E-state index is 13.2. The molecule has 0 bridgehead atoms. The Labute approximate surface area is 146 Å². The summed E-state index contributed by atoms with van der Waals surface area (Å²) in [6, 6.07) is 6.40. The molecule has 1 aromatic carbocycles. The van der Waals surface area contributed by atoms with E-state index in [2.05, 4.69) is 5.10 Å². The fraction of sp³-hybridized carbons (Fsp3) is 0.286. The third-order valence-corrected chi connectivity index (χ3v) is 3.44. The highest BCUT2D eigenvalue weighted by atomic mass is 35.5. The van der Waals surface area contributed by atoms with Gasteiger partial charge in [0.25, 0.3) is 0 Å². The van der Waals surface area contributed by atoms with Crippen LogP contribution < -0.4 is 5.32 Å². The molecule has 0 aliphatic rings. The van der Waals surface area contributed by atoms with Crippen LogP contribution in [-0.4, -0.2) is 33.7 Å². The lowest BCUT2D eigenvalue weighted by Crippen LogP contribution is -2.57. The van der Waals surface area contributed by atoms with Gasteiger partial charge in [-0.3, -0.25) is 9.48 Å². The maximum Gasteiger partial charge on any atom is 0.460 e. The molecule has 1 aromatic heterocycles. The number of hydrogen-bond acceptors (Lipinski definition) is 2. The fourth-order valence-corrected chi connectivity index (χ4v) is 1.95. The number of benzene rings is 1. The van der Waals surface area contributed by atoms with E-state index < -0.39 is 29.6 Å². The Morgan fingerprint density at radius 3 is 2.19 bits per heavy atom. The van der Waals surface area contributed by atoms with Gasteiger partial charge in [0.15, 0.2) is 0 Å². The second kappa shape index (κ2) is 6.78. The molecular weight excluding hydrogens is 395 g/mol. The molecule has 4 nitrogen and oxygen atoms in total. The first-order chi connectivity index (χ1) is 11.8. The third-order valence-electron chi connectivity index (χ3n) is 3.18. The van der Waals surface area contributed by atoms with E-state index >= 15 is 0 Å². The second-order valence-electron chi connectivity index (χ2n) is 5.15. The van der Waals surface area contributed by atoms with Gasteiger partial charge in [0.05, 0.1) is 18.4 Å². The minimum atomic E-state index is -6.59. The number of carbonyl (C=O) groups is 1. The standard InChI is InChI=1S/C14H9ClF7N3O/c15-9-3-1-8(2-4-9)6-25-7-10(5-23-25)24-11(26)12(16,17)13(18,19)14(20,21)22/h1-5,7H,6H2,(H,24,26). The highest BCUT2D eigenvalue weighted by molar-refractivity contribution is 6.30. The number of carbonyl (C=O) groups excluding carboxylic acids is 1. The quantitative estimate of drug-likeness (QED) is 0.754. The van der Waals surface area contributed by atoms with Crippen molar-refractivity contribution in [1.29, 1.82) is 0 Å². The van der Waals surface area contributed by atoms with Gasteiger partial charge in [0.2, 0.25) is 0 Å². The summed E-state index contributed by atoms with van der Waals surface area (Å²) < 4.78 is 89.5. The molecule has 0 atom stereocenters. The minimum absolute atomic E-state index is 0.113. The minimum Gasteiger partial charge on any atom is -0.318 e. The van der Waals surface area contributed by atoms with Gasteiger partial charge in [-0.05, 0) is 17.7 Å². The second-order valence-corrected chi connectivity index (χ2v) is 5.59. The Bertz CT molecular complexity index is 787. The van der Waals surface area contributed by atoms with Crippen molar-refractivity contribution in [2.75, 3.05) is 5.32 Å². The van der Waals surface area contributed by atoms with Gasteiger partial charge in [-0.15, -0.1) is 0 Å². The van der Waals surface area contributed by atoms with Crippen molar-refractivity contribution >= 4 is 23.2 Å². The van der Waals surface area contributed by atoms with E-state index in [0.29, 0.717) is 10.6 Å². The number of anilines is 1. The Hall–Kier alpha value is -2.30. The third kappa shape index (κ3) is 3.92. The lowest BCUT2D eigenvalue weighted by molar-refractivity contribution is -0.343. The average molecular weight is 404 g/mol. The zero-order valence-corrected chi connectivity index (χ0v) is 13.3. The van der Waals surface area contributed by atoms with Gasteiger partial charge in [-0.25, -0.2) is 0 Å². The highest BCUT2D eigenvalue weighted by Crippen LogP contribution is 2.46. The zero-order valence-electron chi connectivity index (χ0n) is 12.5. The Kier molecular flexibility index (Phi) is 5.22. The largest absolute Gasteiger partial charge is 0.460 e. The van der Waals surface area contributed by atoms with Crippen molar-refractivity contribution in [2.45, 2.75) is 24.6 Å². The highest BCUT2D eigenvalue weighted by Gasteiger charge is 2.76. The van der Waals surface area contributed by atoms with Crippen LogP contribution in [0.3, 0.4) is 0 Å². The molecule has 142 valence electrons. The number of nitrogens with one attached hydrogen (secondary N) is 1. The van der Waals surface area contributed by atoms with Crippen molar-refractivity contribution in [3.05, 3.63) is 47.2 Å². The van der Waals surface area contributed by atoms with E-state index in [9.17, 15) is 35.5 Å². The summed E-state index contributed by atoms with van der Waals surface area (Å²) in [5.74, 6) is -15.3. The number of aromatic nitrogens is 2. The Morgan fingerprint density at radius 1 is 1.08 bits per heavy atom. The molecular formula is C14H9ClF7N3O. The van der Waals surface area contributed by atoms with Gasteiger partial charge < -0.3 is 5.32 Å². The number of hydrogen-bond donors (Lipinski definition) is 1. The van der Waals surface area contributed by atoms with Crippen molar-refractivity contribution in [3.8, 4) is 0 Å². The van der Waals surface area contributed by atoms with Crippen LogP contribution in [-0.2, 0) is 11.3 Å². The van der Waals surface area contributed by atoms with Crippen LogP contribution >= 0.6 is 11.6 Å². The number of rotatable bonds is 5. The molecule has 0 spiro atoms. The molecule has 1 N–H and O–H groups in total. The van der Waals surface area contributed by atoms with E-state index in [1.807, 2.05) is 0 Å². The van der Waals surface area contributed by atoms with Gasteiger partial charge in [-0.1, -0.05) is 23.7 Å². The van der Waals surface area contributed by atoms with Crippen LogP contribution in [0.2, 0.25) is 5.02 Å². The monoisotopic (exact) mass is 403 g/mol. The van der Waals surface area contributed by atoms with Crippen LogP contribution in [0.15, 0.2) is 36.7 Å². The van der Waals surface area contributed by atoms with E-state index in [1.54, 1.807) is 24.3 Å². The van der Waals surface area contributed by atoms with Gasteiger partial charge in [-0.2, -0.15) is 35.8 Å². The molecule has 0 aliphatic carbocycles. The van der Waals surface area contributed by atoms with Crippen molar-refractivity contribution in [2.24, 2.45) is 0 Å². The lowest BCUT2D eigenvalue weighted by Gasteiger charge is -2.26. The van der Waals surface area contributed by atoms with E-state index in [-0.39, 0.29) is 6.54 Å². The van der Waals surface area contributed by atoms with Crippen LogP contribution in [0, 0.1) is 0 Å². The molecule has 0 fully saturated rings. The molecule has 0 saturated heterocycles. The van der Waals surface area contributed by atoms with Crippen molar-refractivity contribution < 1.29 is 35.5 Å². The first kappa shape index (κ1) is 20.0. The lowest BCUT2D eigenvalue weighted by atomic mass is 10.1.